The molecule has 0 radical (unpaired) electrons. The predicted octanol–water partition coefficient (Wildman–Crippen LogP) is 1.93. The minimum atomic E-state index is -0.260. The maximum atomic E-state index is 13.1. The van der Waals surface area contributed by atoms with E-state index in [0.29, 0.717) is 6.54 Å². The first-order chi connectivity index (χ1) is 8.66. The first-order valence-corrected chi connectivity index (χ1v) is 6.39. The van der Waals surface area contributed by atoms with Crippen molar-refractivity contribution in [3.8, 4) is 0 Å². The number of piperidine rings is 1. The summed E-state index contributed by atoms with van der Waals surface area (Å²) >= 11 is 0. The third-order valence-corrected chi connectivity index (χ3v) is 3.29. The quantitative estimate of drug-likeness (QED) is 0.889. The van der Waals surface area contributed by atoms with Gasteiger partial charge in [0.1, 0.15) is 5.82 Å². The second kappa shape index (κ2) is 5.96. The van der Waals surface area contributed by atoms with Gasteiger partial charge in [0.25, 0.3) is 0 Å². The molecule has 0 spiro atoms. The Kier molecular flexibility index (Phi) is 4.31. The van der Waals surface area contributed by atoms with Gasteiger partial charge in [-0.3, -0.25) is 4.79 Å². The minimum Gasteiger partial charge on any atom is -0.340 e. The number of carbonyl (C=O) groups is 1. The number of nitrogens with zero attached hydrogens (tertiary/aromatic N) is 1. The molecule has 2 rings (SSSR count). The molecule has 1 aliphatic rings. The third-order valence-electron chi connectivity index (χ3n) is 3.29. The monoisotopic (exact) mass is 250 g/mol. The topological polar surface area (TPSA) is 32.3 Å². The van der Waals surface area contributed by atoms with Crippen molar-refractivity contribution in [3.05, 3.63) is 35.6 Å². The molecule has 3 nitrogen and oxygen atoms in total. The summed E-state index contributed by atoms with van der Waals surface area (Å²) in [7, 11) is 1.77. The lowest BCUT2D eigenvalue weighted by Gasteiger charge is -2.27. The van der Waals surface area contributed by atoms with E-state index in [4.69, 9.17) is 0 Å². The Morgan fingerprint density at radius 3 is 3.00 bits per heavy atom. The Bertz CT molecular complexity index is 416. The van der Waals surface area contributed by atoms with Gasteiger partial charge >= 0.3 is 0 Å². The van der Waals surface area contributed by atoms with Gasteiger partial charge in [0.05, 0.1) is 6.04 Å². The zero-order chi connectivity index (χ0) is 13.0. The molecule has 1 fully saturated rings. The second-order valence-corrected chi connectivity index (χ2v) is 4.83. The van der Waals surface area contributed by atoms with Crippen molar-refractivity contribution in [3.63, 3.8) is 0 Å². The summed E-state index contributed by atoms with van der Waals surface area (Å²) < 4.78 is 13.1. The van der Waals surface area contributed by atoms with Crippen LogP contribution < -0.4 is 5.32 Å². The van der Waals surface area contributed by atoms with Crippen molar-refractivity contribution in [1.82, 2.24) is 10.2 Å². The molecule has 1 aromatic rings. The molecular formula is C14H19FN2O. The standard InChI is InChI=1S/C14H19FN2O/c1-17(10-11-5-4-6-12(15)9-11)14(18)13-7-2-3-8-16-13/h4-6,9,13,16H,2-3,7-8,10H2,1H3/t13-/m1/s1. The van der Waals surface area contributed by atoms with E-state index in [1.165, 1.54) is 12.1 Å². The summed E-state index contributed by atoms with van der Waals surface area (Å²) in [5, 5.41) is 3.23. The van der Waals surface area contributed by atoms with Crippen LogP contribution in [0.3, 0.4) is 0 Å². The number of hydrogen-bond donors (Lipinski definition) is 1. The van der Waals surface area contributed by atoms with E-state index < -0.39 is 0 Å². The van der Waals surface area contributed by atoms with Crippen molar-refractivity contribution in [2.75, 3.05) is 13.6 Å². The van der Waals surface area contributed by atoms with Crippen LogP contribution in [0.2, 0.25) is 0 Å². The van der Waals surface area contributed by atoms with E-state index in [9.17, 15) is 9.18 Å². The van der Waals surface area contributed by atoms with Crippen molar-refractivity contribution in [2.24, 2.45) is 0 Å². The van der Waals surface area contributed by atoms with Gasteiger partial charge in [0.15, 0.2) is 0 Å². The number of benzene rings is 1. The molecule has 0 unspecified atom stereocenters. The first-order valence-electron chi connectivity index (χ1n) is 6.39. The Morgan fingerprint density at radius 1 is 1.50 bits per heavy atom. The van der Waals surface area contributed by atoms with Crippen LogP contribution in [-0.4, -0.2) is 30.4 Å². The Balaban J connectivity index is 1.94. The number of rotatable bonds is 3. The summed E-state index contributed by atoms with van der Waals surface area (Å²) in [6.45, 7) is 1.36. The molecule has 0 aromatic heterocycles. The average molecular weight is 250 g/mol. The van der Waals surface area contributed by atoms with E-state index in [0.717, 1.165) is 31.4 Å². The summed E-state index contributed by atoms with van der Waals surface area (Å²) in [5.41, 5.74) is 0.821. The molecule has 98 valence electrons. The molecule has 1 heterocycles. The first kappa shape index (κ1) is 13.0. The lowest BCUT2D eigenvalue weighted by molar-refractivity contribution is -0.133. The molecule has 4 heteroatoms. The Hall–Kier alpha value is -1.42. The normalized spacial score (nSPS) is 19.6. The number of carbonyl (C=O) groups excluding carboxylic acids is 1. The molecule has 1 N–H and O–H groups in total. The van der Waals surface area contributed by atoms with E-state index in [1.54, 1.807) is 18.0 Å². The molecule has 1 aliphatic heterocycles. The SMILES string of the molecule is CN(Cc1cccc(F)c1)C(=O)[C@H]1CCCCN1. The zero-order valence-corrected chi connectivity index (χ0v) is 10.7. The molecule has 0 bridgehead atoms. The lowest BCUT2D eigenvalue weighted by atomic mass is 10.0. The van der Waals surface area contributed by atoms with Crippen LogP contribution in [-0.2, 0) is 11.3 Å². The smallest absolute Gasteiger partial charge is 0.239 e. The third kappa shape index (κ3) is 3.29. The predicted molar refractivity (Wildman–Crippen MR) is 68.5 cm³/mol. The Labute approximate surface area is 107 Å². The van der Waals surface area contributed by atoms with Gasteiger partial charge < -0.3 is 10.2 Å². The van der Waals surface area contributed by atoms with Crippen molar-refractivity contribution >= 4 is 5.91 Å². The number of nitrogens with one attached hydrogen (secondary N) is 1. The van der Waals surface area contributed by atoms with E-state index >= 15 is 0 Å². The fourth-order valence-corrected chi connectivity index (χ4v) is 2.32. The van der Waals surface area contributed by atoms with Crippen molar-refractivity contribution in [2.45, 2.75) is 31.8 Å². The minimum absolute atomic E-state index is 0.0719. The van der Waals surface area contributed by atoms with Gasteiger partial charge in [-0.1, -0.05) is 18.6 Å². The highest BCUT2D eigenvalue weighted by Crippen LogP contribution is 2.12. The van der Waals surface area contributed by atoms with E-state index in [-0.39, 0.29) is 17.8 Å². The van der Waals surface area contributed by atoms with Crippen molar-refractivity contribution < 1.29 is 9.18 Å². The highest BCUT2D eigenvalue weighted by Gasteiger charge is 2.23. The molecule has 1 atom stereocenters. The second-order valence-electron chi connectivity index (χ2n) is 4.83. The zero-order valence-electron chi connectivity index (χ0n) is 10.7. The van der Waals surface area contributed by atoms with Crippen LogP contribution in [0, 0.1) is 5.82 Å². The number of likely N-dealkylation sites (N-methyl/N-ethyl adjacent to an activating group) is 1. The lowest BCUT2D eigenvalue weighted by Crippen LogP contribution is -2.46. The average Bonchev–Trinajstić information content (AvgIpc) is 2.39. The van der Waals surface area contributed by atoms with Gasteiger partial charge in [0, 0.05) is 13.6 Å². The van der Waals surface area contributed by atoms with Crippen LogP contribution in [0.25, 0.3) is 0 Å². The van der Waals surface area contributed by atoms with Crippen LogP contribution in [0.15, 0.2) is 24.3 Å². The van der Waals surface area contributed by atoms with Crippen LogP contribution >= 0.6 is 0 Å². The fraction of sp³-hybridized carbons (Fsp3) is 0.500. The molecule has 18 heavy (non-hydrogen) atoms. The van der Waals surface area contributed by atoms with Gasteiger partial charge in [-0.05, 0) is 37.1 Å². The van der Waals surface area contributed by atoms with Gasteiger partial charge in [-0.2, -0.15) is 0 Å². The molecule has 1 saturated heterocycles. The number of hydrogen-bond acceptors (Lipinski definition) is 2. The number of halogens is 1. The molecular weight excluding hydrogens is 231 g/mol. The molecule has 1 aromatic carbocycles. The van der Waals surface area contributed by atoms with E-state index in [1.807, 2.05) is 6.07 Å². The van der Waals surface area contributed by atoms with Crippen LogP contribution in [0.5, 0.6) is 0 Å². The summed E-state index contributed by atoms with van der Waals surface area (Å²) in [5.74, 6) is -0.164. The Morgan fingerprint density at radius 2 is 2.33 bits per heavy atom. The fourth-order valence-electron chi connectivity index (χ4n) is 2.32. The van der Waals surface area contributed by atoms with Crippen molar-refractivity contribution in [1.29, 1.82) is 0 Å². The number of amides is 1. The van der Waals surface area contributed by atoms with Gasteiger partial charge in [-0.15, -0.1) is 0 Å². The van der Waals surface area contributed by atoms with E-state index in [2.05, 4.69) is 5.32 Å². The highest BCUT2D eigenvalue weighted by atomic mass is 19.1. The van der Waals surface area contributed by atoms with Gasteiger partial charge in [0.2, 0.25) is 5.91 Å². The highest BCUT2D eigenvalue weighted by molar-refractivity contribution is 5.81. The summed E-state index contributed by atoms with van der Waals surface area (Å²) in [6.07, 6.45) is 3.13. The van der Waals surface area contributed by atoms with Crippen LogP contribution in [0.4, 0.5) is 4.39 Å². The molecule has 0 saturated carbocycles. The summed E-state index contributed by atoms with van der Waals surface area (Å²) in [6, 6.07) is 6.31. The maximum Gasteiger partial charge on any atom is 0.239 e. The molecule has 1 amide bonds. The summed E-state index contributed by atoms with van der Waals surface area (Å²) in [4.78, 5) is 13.8. The van der Waals surface area contributed by atoms with Gasteiger partial charge in [-0.25, -0.2) is 4.39 Å². The maximum absolute atomic E-state index is 13.1. The largest absolute Gasteiger partial charge is 0.340 e. The van der Waals surface area contributed by atoms with Crippen LogP contribution in [0.1, 0.15) is 24.8 Å². The molecule has 0 aliphatic carbocycles.